The van der Waals surface area contributed by atoms with Crippen molar-refractivity contribution in [1.82, 2.24) is 10.2 Å². The molecule has 3 rings (SSSR count). The van der Waals surface area contributed by atoms with E-state index >= 15 is 0 Å². The second-order valence-corrected chi connectivity index (χ2v) is 8.78. The van der Waals surface area contributed by atoms with Gasteiger partial charge in [0.2, 0.25) is 5.91 Å². The number of carbonyl (C=O) groups is 2. The fraction of sp³-hybridized carbons (Fsp3) is 0.440. The van der Waals surface area contributed by atoms with Crippen LogP contribution < -0.4 is 14.8 Å². The maximum absolute atomic E-state index is 13.1. The maximum Gasteiger partial charge on any atom is 0.261 e. The predicted octanol–water partition coefficient (Wildman–Crippen LogP) is 3.94. The number of rotatable bonds is 7. The molecule has 0 unspecified atom stereocenters. The van der Waals surface area contributed by atoms with Gasteiger partial charge in [0.1, 0.15) is 23.1 Å². The van der Waals surface area contributed by atoms with Crippen molar-refractivity contribution in [1.29, 1.82) is 0 Å². The minimum absolute atomic E-state index is 0.0988. The lowest BCUT2D eigenvalue weighted by Crippen LogP contribution is -2.49. The Morgan fingerprint density at radius 1 is 1.03 bits per heavy atom. The van der Waals surface area contributed by atoms with E-state index in [9.17, 15) is 9.59 Å². The first-order valence-corrected chi connectivity index (χ1v) is 10.8. The summed E-state index contributed by atoms with van der Waals surface area (Å²) in [4.78, 5) is 27.4. The zero-order chi connectivity index (χ0) is 22.3. The zero-order valence-corrected chi connectivity index (χ0v) is 18.6. The Bertz CT molecular complexity index is 859. The van der Waals surface area contributed by atoms with Crippen LogP contribution in [0.1, 0.15) is 45.6 Å². The lowest BCUT2D eigenvalue weighted by Gasteiger charge is -2.30. The van der Waals surface area contributed by atoms with E-state index in [1.165, 1.54) is 0 Å². The fourth-order valence-electron chi connectivity index (χ4n) is 3.55. The van der Waals surface area contributed by atoms with Crippen LogP contribution in [0.15, 0.2) is 54.6 Å². The maximum atomic E-state index is 13.1. The van der Waals surface area contributed by atoms with Crippen molar-refractivity contribution < 1.29 is 19.1 Å². The van der Waals surface area contributed by atoms with E-state index in [1.807, 2.05) is 75.4 Å². The van der Waals surface area contributed by atoms with Crippen LogP contribution in [0.4, 0.5) is 0 Å². The van der Waals surface area contributed by atoms with Crippen LogP contribution in [-0.2, 0) is 16.1 Å². The predicted molar refractivity (Wildman–Crippen MR) is 120 cm³/mol. The summed E-state index contributed by atoms with van der Waals surface area (Å²) in [5, 5.41) is 2.93. The summed E-state index contributed by atoms with van der Waals surface area (Å²) in [6, 6.07) is 16.4. The third kappa shape index (κ3) is 7.02. The average molecular weight is 425 g/mol. The number of benzene rings is 2. The minimum atomic E-state index is -0.500. The highest BCUT2D eigenvalue weighted by Gasteiger charge is 2.31. The molecule has 0 aliphatic carbocycles. The number of para-hydroxylation sites is 1. The minimum Gasteiger partial charge on any atom is -0.488 e. The highest BCUT2D eigenvalue weighted by atomic mass is 16.5. The number of carbonyl (C=O) groups excluding carboxylic acids is 2. The first-order valence-electron chi connectivity index (χ1n) is 10.8. The molecule has 6 heteroatoms. The summed E-state index contributed by atoms with van der Waals surface area (Å²) >= 11 is 0. The number of hydrogen-bond donors (Lipinski definition) is 1. The molecule has 1 heterocycles. The average Bonchev–Trinajstić information content (AvgIpc) is 2.95. The molecule has 1 atom stereocenters. The van der Waals surface area contributed by atoms with Gasteiger partial charge in [0, 0.05) is 13.1 Å². The van der Waals surface area contributed by atoms with Crippen LogP contribution in [0.3, 0.4) is 0 Å². The molecule has 166 valence electrons. The second kappa shape index (κ2) is 10.3. The van der Waals surface area contributed by atoms with Crippen LogP contribution in [0.2, 0.25) is 0 Å². The molecular weight excluding hydrogens is 392 g/mol. The summed E-state index contributed by atoms with van der Waals surface area (Å²) in [6.45, 7) is 6.87. The van der Waals surface area contributed by atoms with Gasteiger partial charge in [-0.25, -0.2) is 0 Å². The van der Waals surface area contributed by atoms with Gasteiger partial charge in [0.25, 0.3) is 5.91 Å². The molecule has 1 saturated heterocycles. The molecule has 6 nitrogen and oxygen atoms in total. The van der Waals surface area contributed by atoms with Gasteiger partial charge in [-0.15, -0.1) is 0 Å². The lowest BCUT2D eigenvalue weighted by atomic mass is 10.1. The van der Waals surface area contributed by atoms with Crippen molar-refractivity contribution in [2.24, 2.45) is 0 Å². The molecule has 1 fully saturated rings. The Labute approximate surface area is 184 Å². The van der Waals surface area contributed by atoms with E-state index in [2.05, 4.69) is 5.32 Å². The third-order valence-electron chi connectivity index (χ3n) is 5.01. The van der Waals surface area contributed by atoms with Crippen LogP contribution in [0.5, 0.6) is 11.5 Å². The van der Waals surface area contributed by atoms with Gasteiger partial charge in [0.05, 0.1) is 0 Å². The van der Waals surface area contributed by atoms with E-state index in [4.69, 9.17) is 9.47 Å². The Morgan fingerprint density at radius 3 is 2.42 bits per heavy atom. The van der Waals surface area contributed by atoms with E-state index in [1.54, 1.807) is 4.90 Å². The van der Waals surface area contributed by atoms with Crippen molar-refractivity contribution in [2.75, 3.05) is 13.2 Å². The lowest BCUT2D eigenvalue weighted by molar-refractivity contribution is -0.142. The number of nitrogens with one attached hydrogen (secondary N) is 1. The first kappa shape index (κ1) is 22.7. The van der Waals surface area contributed by atoms with Crippen LogP contribution in [-0.4, -0.2) is 41.5 Å². The number of amides is 2. The van der Waals surface area contributed by atoms with Gasteiger partial charge in [-0.05, 0) is 69.9 Å². The van der Waals surface area contributed by atoms with Gasteiger partial charge in [0.15, 0.2) is 6.61 Å². The molecule has 2 aromatic rings. The summed E-state index contributed by atoms with van der Waals surface area (Å²) in [5.41, 5.74) is 0.655. The monoisotopic (exact) mass is 424 g/mol. The van der Waals surface area contributed by atoms with E-state index < -0.39 is 6.04 Å². The molecule has 0 spiro atoms. The Kier molecular flexibility index (Phi) is 7.55. The number of hydrogen-bond acceptors (Lipinski definition) is 4. The fourth-order valence-corrected chi connectivity index (χ4v) is 3.55. The zero-order valence-electron chi connectivity index (χ0n) is 18.6. The molecule has 0 aromatic heterocycles. The van der Waals surface area contributed by atoms with Gasteiger partial charge in [-0.2, -0.15) is 0 Å². The summed E-state index contributed by atoms with van der Waals surface area (Å²) in [6.07, 6.45) is 2.46. The van der Waals surface area contributed by atoms with Crippen LogP contribution in [0.25, 0.3) is 0 Å². The van der Waals surface area contributed by atoms with Crippen molar-refractivity contribution >= 4 is 11.8 Å². The summed E-state index contributed by atoms with van der Waals surface area (Å²) in [5.74, 6) is 1.10. The van der Waals surface area contributed by atoms with Crippen molar-refractivity contribution in [2.45, 2.75) is 58.2 Å². The normalized spacial score (nSPS) is 16.7. The molecule has 0 bridgehead atoms. The van der Waals surface area contributed by atoms with E-state index in [-0.39, 0.29) is 24.0 Å². The molecule has 1 N–H and O–H groups in total. The first-order chi connectivity index (χ1) is 14.8. The van der Waals surface area contributed by atoms with Crippen LogP contribution >= 0.6 is 0 Å². The van der Waals surface area contributed by atoms with E-state index in [0.29, 0.717) is 25.3 Å². The molecule has 0 radical (unpaired) electrons. The second-order valence-electron chi connectivity index (χ2n) is 8.78. The molecular formula is C25H32N2O4. The number of nitrogens with zero attached hydrogens (tertiary/aromatic N) is 1. The Balaban J connectivity index is 1.74. The molecule has 2 aromatic carbocycles. The highest BCUT2D eigenvalue weighted by Crippen LogP contribution is 2.21. The largest absolute Gasteiger partial charge is 0.488 e. The quantitative estimate of drug-likeness (QED) is 0.731. The van der Waals surface area contributed by atoms with Crippen molar-refractivity contribution in [3.63, 3.8) is 0 Å². The smallest absolute Gasteiger partial charge is 0.261 e. The third-order valence-corrected chi connectivity index (χ3v) is 5.01. The molecule has 0 saturated carbocycles. The Morgan fingerprint density at radius 2 is 1.74 bits per heavy atom. The van der Waals surface area contributed by atoms with Crippen LogP contribution in [0, 0.1) is 0 Å². The highest BCUT2D eigenvalue weighted by molar-refractivity contribution is 5.88. The molecule has 1 aliphatic rings. The van der Waals surface area contributed by atoms with Gasteiger partial charge >= 0.3 is 0 Å². The summed E-state index contributed by atoms with van der Waals surface area (Å²) < 4.78 is 11.6. The van der Waals surface area contributed by atoms with Gasteiger partial charge in [-0.3, -0.25) is 9.59 Å². The topological polar surface area (TPSA) is 67.9 Å². The van der Waals surface area contributed by atoms with E-state index in [0.717, 1.165) is 24.2 Å². The van der Waals surface area contributed by atoms with Crippen molar-refractivity contribution in [3.05, 3.63) is 60.2 Å². The Hall–Kier alpha value is -3.02. The SMILES string of the molecule is CC(C)(C)Oc1ccc(CN(C(=O)COc2ccccc2)[C@H]2CCCCNC2=O)cc1. The van der Waals surface area contributed by atoms with Crippen molar-refractivity contribution in [3.8, 4) is 11.5 Å². The number of ether oxygens (including phenoxy) is 2. The van der Waals surface area contributed by atoms with Gasteiger partial charge < -0.3 is 19.7 Å². The summed E-state index contributed by atoms with van der Waals surface area (Å²) in [7, 11) is 0. The standard InChI is InChI=1S/C25H32N2O4/c1-25(2,3)31-21-14-12-19(13-15-21)17-27(22-11-7-8-16-26-24(22)29)23(28)18-30-20-9-5-4-6-10-20/h4-6,9-10,12-15,22H,7-8,11,16-18H2,1-3H3,(H,26,29)/t22-/m0/s1. The molecule has 31 heavy (non-hydrogen) atoms. The molecule has 1 aliphatic heterocycles. The molecule has 2 amide bonds. The van der Waals surface area contributed by atoms with Gasteiger partial charge in [-0.1, -0.05) is 30.3 Å².